The number of carbonyl (C=O) groups excluding carboxylic acids is 2. The van der Waals surface area contributed by atoms with Gasteiger partial charge in [0, 0.05) is 22.9 Å². The summed E-state index contributed by atoms with van der Waals surface area (Å²) in [6.45, 7) is 1.69. The van der Waals surface area contributed by atoms with E-state index in [0.717, 1.165) is 17.3 Å². The largest absolute Gasteiger partial charge is 0.467 e. The highest BCUT2D eigenvalue weighted by atomic mass is 79.9. The number of pyridine rings is 1. The van der Waals surface area contributed by atoms with E-state index in [1.807, 2.05) is 0 Å². The smallest absolute Gasteiger partial charge is 0.328 e. The van der Waals surface area contributed by atoms with Crippen molar-refractivity contribution in [1.82, 2.24) is 9.88 Å². The van der Waals surface area contributed by atoms with Crippen LogP contribution in [0.5, 0.6) is 0 Å². The van der Waals surface area contributed by atoms with Crippen molar-refractivity contribution in [2.75, 3.05) is 7.11 Å². The first kappa shape index (κ1) is 14.0. The first-order chi connectivity index (χ1) is 9.04. The van der Waals surface area contributed by atoms with Crippen LogP contribution in [-0.4, -0.2) is 41.0 Å². The molecule has 0 unspecified atom stereocenters. The van der Waals surface area contributed by atoms with Gasteiger partial charge < -0.3 is 9.64 Å². The fourth-order valence-corrected chi connectivity index (χ4v) is 2.34. The molecule has 6 heteroatoms. The number of carbonyl (C=O) groups is 2. The minimum Gasteiger partial charge on any atom is -0.467 e. The first-order valence-corrected chi connectivity index (χ1v) is 6.85. The number of ether oxygens (including phenoxy) is 1. The van der Waals surface area contributed by atoms with Crippen molar-refractivity contribution in [2.45, 2.75) is 31.8 Å². The van der Waals surface area contributed by atoms with Crippen molar-refractivity contribution >= 4 is 27.8 Å². The van der Waals surface area contributed by atoms with Crippen LogP contribution < -0.4 is 0 Å². The second kappa shape index (κ2) is 5.69. The molecule has 0 saturated heterocycles. The Kier molecular flexibility index (Phi) is 4.19. The van der Waals surface area contributed by atoms with Crippen molar-refractivity contribution < 1.29 is 14.3 Å². The van der Waals surface area contributed by atoms with E-state index in [-0.39, 0.29) is 11.9 Å². The van der Waals surface area contributed by atoms with E-state index in [1.54, 1.807) is 24.1 Å². The molecule has 1 fully saturated rings. The number of halogens is 1. The molecule has 1 aromatic rings. The fraction of sp³-hybridized carbons (Fsp3) is 0.462. The Morgan fingerprint density at radius 2 is 2.16 bits per heavy atom. The summed E-state index contributed by atoms with van der Waals surface area (Å²) < 4.78 is 5.46. The molecular weight excluding hydrogens is 312 g/mol. The molecule has 2 rings (SSSR count). The Balaban J connectivity index is 2.24. The van der Waals surface area contributed by atoms with Gasteiger partial charge >= 0.3 is 5.97 Å². The quantitative estimate of drug-likeness (QED) is 0.794. The Labute approximate surface area is 120 Å². The number of nitrogens with zero attached hydrogens (tertiary/aromatic N) is 2. The predicted octanol–water partition coefficient (Wildman–Crippen LogP) is 2.01. The summed E-state index contributed by atoms with van der Waals surface area (Å²) in [5.74, 6) is -0.586. The van der Waals surface area contributed by atoms with E-state index < -0.39 is 12.0 Å². The molecule has 0 spiro atoms. The lowest BCUT2D eigenvalue weighted by atomic mass is 10.2. The van der Waals surface area contributed by atoms with Gasteiger partial charge in [0.1, 0.15) is 6.04 Å². The first-order valence-electron chi connectivity index (χ1n) is 6.05. The van der Waals surface area contributed by atoms with Crippen molar-refractivity contribution in [1.29, 1.82) is 0 Å². The maximum absolute atomic E-state index is 12.5. The average molecular weight is 327 g/mol. The normalized spacial score (nSPS) is 15.7. The van der Waals surface area contributed by atoms with Crippen LogP contribution in [0.4, 0.5) is 0 Å². The third kappa shape index (κ3) is 3.12. The highest BCUT2D eigenvalue weighted by Crippen LogP contribution is 2.30. The molecule has 1 aliphatic rings. The summed E-state index contributed by atoms with van der Waals surface area (Å²) in [5, 5.41) is 0. The Morgan fingerprint density at radius 1 is 1.47 bits per heavy atom. The maximum Gasteiger partial charge on any atom is 0.328 e. The number of hydrogen-bond acceptors (Lipinski definition) is 4. The molecular formula is C13H15BrN2O3. The van der Waals surface area contributed by atoms with Gasteiger partial charge in [-0.3, -0.25) is 9.78 Å². The second-order valence-corrected chi connectivity index (χ2v) is 5.45. The van der Waals surface area contributed by atoms with Gasteiger partial charge in [-0.1, -0.05) is 0 Å². The van der Waals surface area contributed by atoms with Crippen molar-refractivity contribution in [3.8, 4) is 0 Å². The molecule has 19 heavy (non-hydrogen) atoms. The second-order valence-electron chi connectivity index (χ2n) is 4.53. The number of hydrogen-bond donors (Lipinski definition) is 0. The zero-order valence-corrected chi connectivity index (χ0v) is 12.4. The van der Waals surface area contributed by atoms with E-state index in [9.17, 15) is 9.59 Å². The highest BCUT2D eigenvalue weighted by Gasteiger charge is 2.39. The molecule has 102 valence electrons. The lowest BCUT2D eigenvalue weighted by molar-refractivity contribution is -0.145. The standard InChI is InChI=1S/C13H15BrN2O3/c1-8(13(18)19-2)16(11-3-4-11)12(17)9-5-10(14)7-15-6-9/h5-8,11H,3-4H2,1-2H3/t8-/m1/s1. The third-order valence-corrected chi connectivity index (χ3v) is 3.52. The highest BCUT2D eigenvalue weighted by molar-refractivity contribution is 9.10. The van der Waals surface area contributed by atoms with E-state index >= 15 is 0 Å². The Hall–Kier alpha value is -1.43. The average Bonchev–Trinajstić information content (AvgIpc) is 3.22. The van der Waals surface area contributed by atoms with Crippen LogP contribution >= 0.6 is 15.9 Å². The van der Waals surface area contributed by atoms with Crippen LogP contribution in [0.15, 0.2) is 22.9 Å². The molecule has 1 aliphatic carbocycles. The molecule has 1 amide bonds. The molecule has 1 heterocycles. The molecule has 1 aromatic heterocycles. The van der Waals surface area contributed by atoms with Gasteiger partial charge in [0.25, 0.3) is 5.91 Å². The van der Waals surface area contributed by atoms with Crippen molar-refractivity contribution in [2.24, 2.45) is 0 Å². The summed E-state index contributed by atoms with van der Waals surface area (Å²) in [6.07, 6.45) is 4.97. The van der Waals surface area contributed by atoms with E-state index in [4.69, 9.17) is 4.74 Å². The maximum atomic E-state index is 12.5. The number of amides is 1. The lowest BCUT2D eigenvalue weighted by Crippen LogP contribution is -2.45. The van der Waals surface area contributed by atoms with Gasteiger partial charge in [-0.2, -0.15) is 0 Å². The molecule has 5 nitrogen and oxygen atoms in total. The minimum absolute atomic E-state index is 0.126. The lowest BCUT2D eigenvalue weighted by Gasteiger charge is -2.27. The molecule has 0 N–H and O–H groups in total. The van der Waals surface area contributed by atoms with Gasteiger partial charge in [0.15, 0.2) is 0 Å². The van der Waals surface area contributed by atoms with E-state index in [2.05, 4.69) is 20.9 Å². The SMILES string of the molecule is COC(=O)[C@@H](C)N(C(=O)c1cncc(Br)c1)C1CC1. The summed E-state index contributed by atoms with van der Waals surface area (Å²) >= 11 is 3.29. The Morgan fingerprint density at radius 3 is 2.68 bits per heavy atom. The number of esters is 1. The molecule has 0 bridgehead atoms. The summed E-state index contributed by atoms with van der Waals surface area (Å²) in [7, 11) is 1.33. The van der Waals surface area contributed by atoms with Gasteiger partial charge in [-0.25, -0.2) is 4.79 Å². The van der Waals surface area contributed by atoms with Crippen LogP contribution in [0.25, 0.3) is 0 Å². The molecule has 0 aromatic carbocycles. The number of methoxy groups -OCH3 is 1. The van der Waals surface area contributed by atoms with Crippen LogP contribution in [0.3, 0.4) is 0 Å². The van der Waals surface area contributed by atoms with Gasteiger partial charge in [0.05, 0.1) is 12.7 Å². The molecule has 1 atom stereocenters. The topological polar surface area (TPSA) is 59.5 Å². The molecule has 0 aliphatic heterocycles. The van der Waals surface area contributed by atoms with Gasteiger partial charge in [-0.15, -0.1) is 0 Å². The monoisotopic (exact) mass is 326 g/mol. The Bertz CT molecular complexity index is 502. The van der Waals surface area contributed by atoms with E-state index in [1.165, 1.54) is 13.3 Å². The van der Waals surface area contributed by atoms with Crippen LogP contribution in [0.1, 0.15) is 30.1 Å². The summed E-state index contributed by atoms with van der Waals surface area (Å²) in [6, 6.07) is 1.25. The molecule has 0 radical (unpaired) electrons. The van der Waals surface area contributed by atoms with E-state index in [0.29, 0.717) is 5.56 Å². The third-order valence-electron chi connectivity index (χ3n) is 3.09. The fourth-order valence-electron chi connectivity index (χ4n) is 1.97. The molecule has 1 saturated carbocycles. The zero-order valence-electron chi connectivity index (χ0n) is 10.8. The summed E-state index contributed by atoms with van der Waals surface area (Å²) in [5.41, 5.74) is 0.469. The van der Waals surface area contributed by atoms with Crippen LogP contribution in [-0.2, 0) is 9.53 Å². The number of rotatable bonds is 4. The van der Waals surface area contributed by atoms with Crippen LogP contribution in [0, 0.1) is 0 Å². The minimum atomic E-state index is -0.580. The zero-order chi connectivity index (χ0) is 14.0. The van der Waals surface area contributed by atoms with Crippen molar-refractivity contribution in [3.63, 3.8) is 0 Å². The van der Waals surface area contributed by atoms with Gasteiger partial charge in [0.2, 0.25) is 0 Å². The van der Waals surface area contributed by atoms with Crippen LogP contribution in [0.2, 0.25) is 0 Å². The summed E-state index contributed by atoms with van der Waals surface area (Å²) in [4.78, 5) is 29.7. The van der Waals surface area contributed by atoms with Crippen molar-refractivity contribution in [3.05, 3.63) is 28.5 Å². The number of aromatic nitrogens is 1. The predicted molar refractivity (Wildman–Crippen MR) is 72.6 cm³/mol. The van der Waals surface area contributed by atoms with Gasteiger partial charge in [-0.05, 0) is 41.8 Å².